The van der Waals surface area contributed by atoms with Gasteiger partial charge in [0.25, 0.3) is 11.8 Å². The van der Waals surface area contributed by atoms with E-state index >= 15 is 0 Å². The second-order valence-corrected chi connectivity index (χ2v) is 4.92. The third-order valence-electron chi connectivity index (χ3n) is 3.07. The summed E-state index contributed by atoms with van der Waals surface area (Å²) in [5.74, 6) is -6.14. The fourth-order valence-electron chi connectivity index (χ4n) is 2.23. The molecule has 2 rings (SSSR count). The van der Waals surface area contributed by atoms with E-state index in [9.17, 15) is 31.9 Å². The minimum absolute atomic E-state index is 0.302. The fourth-order valence-corrected chi connectivity index (χ4v) is 2.23. The van der Waals surface area contributed by atoms with E-state index in [4.69, 9.17) is 0 Å². The van der Waals surface area contributed by atoms with Gasteiger partial charge in [-0.2, -0.15) is 8.78 Å². The van der Waals surface area contributed by atoms with Crippen LogP contribution in [-0.2, 0) is 0 Å². The zero-order valence-electron chi connectivity index (χ0n) is 11.1. The molecular formula is C13H12F5NO3. The van der Waals surface area contributed by atoms with Crippen molar-refractivity contribution >= 4 is 5.91 Å². The molecule has 22 heavy (non-hydrogen) atoms. The zero-order chi connectivity index (χ0) is 16.5. The lowest BCUT2D eigenvalue weighted by molar-refractivity contribution is -0.0972. The quantitative estimate of drug-likeness (QED) is 0.868. The highest BCUT2D eigenvalue weighted by atomic mass is 19.3. The molecule has 0 spiro atoms. The summed E-state index contributed by atoms with van der Waals surface area (Å²) in [6.07, 6.45) is -2.15. The Morgan fingerprint density at radius 1 is 1.41 bits per heavy atom. The summed E-state index contributed by atoms with van der Waals surface area (Å²) in [7, 11) is 0. The van der Waals surface area contributed by atoms with Gasteiger partial charge in [0, 0.05) is 18.5 Å². The van der Waals surface area contributed by atoms with Gasteiger partial charge in [-0.05, 0) is 18.2 Å². The highest BCUT2D eigenvalue weighted by molar-refractivity contribution is 5.94. The van der Waals surface area contributed by atoms with E-state index in [2.05, 4.69) is 4.74 Å². The Bertz CT molecular complexity index is 567. The molecule has 9 heteroatoms. The molecule has 0 bridgehead atoms. The van der Waals surface area contributed by atoms with Crippen LogP contribution in [0, 0.1) is 5.82 Å². The molecular weight excluding hydrogens is 313 g/mol. The average molecular weight is 325 g/mol. The summed E-state index contributed by atoms with van der Waals surface area (Å²) < 4.78 is 68.1. The molecule has 1 aromatic rings. The molecule has 0 aliphatic carbocycles. The number of aliphatic hydroxyl groups excluding tert-OH is 1. The van der Waals surface area contributed by atoms with Crippen molar-refractivity contribution in [1.29, 1.82) is 0 Å². The van der Waals surface area contributed by atoms with Crippen LogP contribution in [0.2, 0.25) is 0 Å². The number of β-amino-alcohol motifs (C(OH)–C–C–N with tert-alkyl or cyclic N) is 1. The van der Waals surface area contributed by atoms with Gasteiger partial charge in [0.1, 0.15) is 0 Å². The molecule has 1 fully saturated rings. The number of carbonyl (C=O) groups excluding carboxylic acids is 1. The maximum Gasteiger partial charge on any atom is 0.387 e. The molecule has 1 unspecified atom stereocenters. The second-order valence-electron chi connectivity index (χ2n) is 4.92. The number of hydrogen-bond acceptors (Lipinski definition) is 3. The van der Waals surface area contributed by atoms with Crippen LogP contribution in [0.25, 0.3) is 0 Å². The molecule has 0 aromatic heterocycles. The lowest BCUT2D eigenvalue weighted by Gasteiger charge is -2.35. The summed E-state index contributed by atoms with van der Waals surface area (Å²) in [5, 5.41) is 9.36. The number of aliphatic hydroxyl groups is 1. The lowest BCUT2D eigenvalue weighted by Crippen LogP contribution is -2.51. The summed E-state index contributed by atoms with van der Waals surface area (Å²) in [6.45, 7) is -4.45. The second kappa shape index (κ2) is 6.07. The van der Waals surface area contributed by atoms with Crippen LogP contribution < -0.4 is 4.74 Å². The number of benzene rings is 1. The number of piperidine rings is 1. The molecule has 1 atom stereocenters. The molecule has 1 saturated heterocycles. The number of halogens is 5. The van der Waals surface area contributed by atoms with Gasteiger partial charge in [0.2, 0.25) is 0 Å². The molecule has 1 N–H and O–H groups in total. The van der Waals surface area contributed by atoms with E-state index in [1.54, 1.807) is 0 Å². The van der Waals surface area contributed by atoms with Crippen molar-refractivity contribution < 1.29 is 36.6 Å². The lowest BCUT2D eigenvalue weighted by atomic mass is 10.0. The molecule has 122 valence electrons. The van der Waals surface area contributed by atoms with Crippen LogP contribution in [0.5, 0.6) is 5.75 Å². The van der Waals surface area contributed by atoms with Gasteiger partial charge in [-0.25, -0.2) is 13.2 Å². The van der Waals surface area contributed by atoms with Gasteiger partial charge in [0.15, 0.2) is 11.6 Å². The van der Waals surface area contributed by atoms with E-state index in [0.29, 0.717) is 11.0 Å². The van der Waals surface area contributed by atoms with Crippen LogP contribution in [0.1, 0.15) is 16.8 Å². The molecule has 1 aliphatic heterocycles. The Morgan fingerprint density at radius 3 is 2.64 bits per heavy atom. The van der Waals surface area contributed by atoms with Gasteiger partial charge >= 0.3 is 6.61 Å². The molecule has 1 aliphatic rings. The largest absolute Gasteiger partial charge is 0.432 e. The number of hydrogen-bond donors (Lipinski definition) is 1. The van der Waals surface area contributed by atoms with Crippen molar-refractivity contribution in [2.75, 3.05) is 13.1 Å². The minimum atomic E-state index is -3.25. The maximum atomic E-state index is 13.5. The third kappa shape index (κ3) is 3.85. The van der Waals surface area contributed by atoms with E-state index in [-0.39, 0.29) is 12.1 Å². The van der Waals surface area contributed by atoms with Gasteiger partial charge in [-0.1, -0.05) is 0 Å². The molecule has 0 radical (unpaired) electrons. The monoisotopic (exact) mass is 325 g/mol. The van der Waals surface area contributed by atoms with Crippen molar-refractivity contribution in [3.05, 3.63) is 29.6 Å². The summed E-state index contributed by atoms with van der Waals surface area (Å²) in [6, 6.07) is 2.43. The third-order valence-corrected chi connectivity index (χ3v) is 3.07. The SMILES string of the molecule is O=C(c1ccc(OC(F)F)c(F)c1)N1CC(O)CC(F)(F)C1. The van der Waals surface area contributed by atoms with Crippen LogP contribution in [0.4, 0.5) is 22.0 Å². The predicted octanol–water partition coefficient (Wildman–Crippen LogP) is 2.27. The van der Waals surface area contributed by atoms with E-state index in [0.717, 1.165) is 12.1 Å². The first kappa shape index (κ1) is 16.5. The molecule has 4 nitrogen and oxygen atoms in total. The normalized spacial score (nSPS) is 21.0. The highest BCUT2D eigenvalue weighted by Gasteiger charge is 2.41. The van der Waals surface area contributed by atoms with E-state index in [1.807, 2.05) is 0 Å². The van der Waals surface area contributed by atoms with Crippen molar-refractivity contribution in [3.8, 4) is 5.75 Å². The Balaban J connectivity index is 2.17. The van der Waals surface area contributed by atoms with Crippen molar-refractivity contribution in [3.63, 3.8) is 0 Å². The summed E-state index contributed by atoms with van der Waals surface area (Å²) in [5.41, 5.74) is -0.302. The fraction of sp³-hybridized carbons (Fsp3) is 0.462. The Labute approximate surface area is 122 Å². The van der Waals surface area contributed by atoms with Gasteiger partial charge in [-0.3, -0.25) is 4.79 Å². The van der Waals surface area contributed by atoms with Crippen molar-refractivity contribution in [1.82, 2.24) is 4.90 Å². The van der Waals surface area contributed by atoms with Gasteiger partial charge in [0.05, 0.1) is 12.6 Å². The van der Waals surface area contributed by atoms with E-state index in [1.165, 1.54) is 0 Å². The van der Waals surface area contributed by atoms with Crippen LogP contribution in [0.3, 0.4) is 0 Å². The number of alkyl halides is 4. The predicted molar refractivity (Wildman–Crippen MR) is 64.5 cm³/mol. The topological polar surface area (TPSA) is 49.8 Å². The summed E-state index contributed by atoms with van der Waals surface area (Å²) >= 11 is 0. The Hall–Kier alpha value is -1.90. The number of likely N-dealkylation sites (tertiary alicyclic amines) is 1. The number of amides is 1. The Kier molecular flexibility index (Phi) is 4.55. The number of ether oxygens (including phenoxy) is 1. The standard InChI is InChI=1S/C13H12F5NO3/c14-9-3-7(1-2-10(9)22-12(15)16)11(21)19-5-8(20)4-13(17,18)6-19/h1-3,8,12,20H,4-6H2. The zero-order valence-corrected chi connectivity index (χ0v) is 11.1. The van der Waals surface area contributed by atoms with E-state index < -0.39 is 49.1 Å². The van der Waals surface area contributed by atoms with Crippen molar-refractivity contribution in [2.45, 2.75) is 25.1 Å². The van der Waals surface area contributed by atoms with Gasteiger partial charge in [-0.15, -0.1) is 0 Å². The van der Waals surface area contributed by atoms with Crippen LogP contribution >= 0.6 is 0 Å². The number of rotatable bonds is 3. The molecule has 1 amide bonds. The first-order valence-electron chi connectivity index (χ1n) is 6.27. The number of nitrogens with zero attached hydrogens (tertiary/aromatic N) is 1. The molecule has 1 aromatic carbocycles. The first-order chi connectivity index (χ1) is 10.2. The van der Waals surface area contributed by atoms with Gasteiger partial charge < -0.3 is 14.7 Å². The van der Waals surface area contributed by atoms with Crippen LogP contribution in [-0.4, -0.2) is 47.6 Å². The number of carbonyl (C=O) groups is 1. The smallest absolute Gasteiger partial charge is 0.387 e. The van der Waals surface area contributed by atoms with Crippen molar-refractivity contribution in [2.24, 2.45) is 0 Å². The van der Waals surface area contributed by atoms with Crippen LogP contribution in [0.15, 0.2) is 18.2 Å². The molecule has 0 saturated carbocycles. The Morgan fingerprint density at radius 2 is 2.09 bits per heavy atom. The molecule has 1 heterocycles. The maximum absolute atomic E-state index is 13.5. The average Bonchev–Trinajstić information content (AvgIpc) is 2.37. The summed E-state index contributed by atoms with van der Waals surface area (Å²) in [4.78, 5) is 12.7. The highest BCUT2D eigenvalue weighted by Crippen LogP contribution is 2.28. The minimum Gasteiger partial charge on any atom is -0.432 e. The first-order valence-corrected chi connectivity index (χ1v) is 6.27.